The van der Waals surface area contributed by atoms with Gasteiger partial charge in [-0.25, -0.2) is 4.79 Å². The van der Waals surface area contributed by atoms with Crippen molar-refractivity contribution in [2.75, 3.05) is 0 Å². The highest BCUT2D eigenvalue weighted by atomic mass is 16.8. The molecular formula is C9H16O3. The zero-order valence-corrected chi connectivity index (χ0v) is 8.03. The maximum Gasteiger partial charge on any atom is 0.509 e. The van der Waals surface area contributed by atoms with Crippen molar-refractivity contribution in [3.8, 4) is 0 Å². The normalized spacial score (nSPS) is 29.3. The first-order valence-corrected chi connectivity index (χ1v) is 4.39. The second kappa shape index (κ2) is 3.33. The molecule has 12 heavy (non-hydrogen) atoms. The van der Waals surface area contributed by atoms with Crippen LogP contribution in [0.1, 0.15) is 27.7 Å². The van der Waals surface area contributed by atoms with Crippen molar-refractivity contribution in [3.05, 3.63) is 0 Å². The van der Waals surface area contributed by atoms with Gasteiger partial charge in [-0.1, -0.05) is 27.7 Å². The van der Waals surface area contributed by atoms with Gasteiger partial charge in [0.25, 0.3) is 0 Å². The molecule has 0 aromatic rings. The van der Waals surface area contributed by atoms with Crippen LogP contribution in [0.15, 0.2) is 0 Å². The second-order valence-electron chi connectivity index (χ2n) is 3.90. The number of hydrogen-bond acceptors (Lipinski definition) is 3. The van der Waals surface area contributed by atoms with E-state index in [0.29, 0.717) is 11.8 Å². The molecule has 0 radical (unpaired) electrons. The van der Waals surface area contributed by atoms with E-state index in [9.17, 15) is 4.79 Å². The molecule has 0 saturated carbocycles. The molecule has 0 aromatic heterocycles. The molecule has 0 aromatic carbocycles. The summed E-state index contributed by atoms with van der Waals surface area (Å²) in [5.74, 6) is 0.646. The summed E-state index contributed by atoms with van der Waals surface area (Å²) in [5, 5.41) is 0. The van der Waals surface area contributed by atoms with Crippen molar-refractivity contribution in [1.82, 2.24) is 0 Å². The van der Waals surface area contributed by atoms with Gasteiger partial charge in [-0.05, 0) is 11.8 Å². The van der Waals surface area contributed by atoms with Crippen molar-refractivity contribution in [3.63, 3.8) is 0 Å². The van der Waals surface area contributed by atoms with Gasteiger partial charge in [0, 0.05) is 0 Å². The first kappa shape index (κ1) is 9.36. The second-order valence-corrected chi connectivity index (χ2v) is 3.90. The molecule has 1 rings (SSSR count). The van der Waals surface area contributed by atoms with E-state index in [1.54, 1.807) is 0 Å². The Labute approximate surface area is 73.0 Å². The molecule has 0 spiro atoms. The van der Waals surface area contributed by atoms with E-state index >= 15 is 0 Å². The van der Waals surface area contributed by atoms with Crippen LogP contribution in [-0.4, -0.2) is 18.4 Å². The van der Waals surface area contributed by atoms with E-state index in [-0.39, 0.29) is 12.2 Å². The van der Waals surface area contributed by atoms with E-state index in [1.165, 1.54) is 0 Å². The molecule has 0 N–H and O–H groups in total. The fraction of sp³-hybridized carbons (Fsp3) is 0.889. The summed E-state index contributed by atoms with van der Waals surface area (Å²) < 4.78 is 10.1. The van der Waals surface area contributed by atoms with Crippen LogP contribution in [0.2, 0.25) is 0 Å². The molecule has 3 nitrogen and oxygen atoms in total. The molecule has 2 atom stereocenters. The Bertz CT molecular complexity index is 157. The van der Waals surface area contributed by atoms with E-state index in [2.05, 4.69) is 0 Å². The molecule has 1 heterocycles. The fourth-order valence-corrected chi connectivity index (χ4v) is 1.42. The van der Waals surface area contributed by atoms with Crippen LogP contribution in [0, 0.1) is 11.8 Å². The lowest BCUT2D eigenvalue weighted by molar-refractivity contribution is 0.0815. The van der Waals surface area contributed by atoms with Crippen LogP contribution in [0.4, 0.5) is 4.79 Å². The summed E-state index contributed by atoms with van der Waals surface area (Å²) in [6.45, 7) is 8.12. The molecule has 3 heteroatoms. The van der Waals surface area contributed by atoms with E-state index in [4.69, 9.17) is 9.47 Å². The van der Waals surface area contributed by atoms with Crippen molar-refractivity contribution in [1.29, 1.82) is 0 Å². The molecule has 70 valence electrons. The predicted molar refractivity (Wildman–Crippen MR) is 44.8 cm³/mol. The number of hydrogen-bond donors (Lipinski definition) is 0. The Kier molecular flexibility index (Phi) is 2.60. The molecule has 0 amide bonds. The molecule has 1 aliphatic rings. The van der Waals surface area contributed by atoms with Gasteiger partial charge < -0.3 is 9.47 Å². The molecular weight excluding hydrogens is 156 g/mol. The quantitative estimate of drug-likeness (QED) is 0.599. The minimum Gasteiger partial charge on any atom is -0.427 e. The molecule has 1 aliphatic heterocycles. The maximum absolute atomic E-state index is 10.8. The van der Waals surface area contributed by atoms with Gasteiger partial charge >= 0.3 is 6.16 Å². The largest absolute Gasteiger partial charge is 0.509 e. The maximum atomic E-state index is 10.8. The Hall–Kier alpha value is -0.730. The SMILES string of the molecule is CC(C)[C@@H]1OC(=O)O[C@H]1C(C)C. The highest BCUT2D eigenvalue weighted by Gasteiger charge is 2.40. The summed E-state index contributed by atoms with van der Waals surface area (Å²) >= 11 is 0. The third kappa shape index (κ3) is 1.71. The van der Waals surface area contributed by atoms with Crippen LogP contribution in [0.25, 0.3) is 0 Å². The molecule has 0 aliphatic carbocycles. The Morgan fingerprint density at radius 3 is 1.58 bits per heavy atom. The number of carbonyl (C=O) groups excluding carboxylic acids is 1. The topological polar surface area (TPSA) is 35.5 Å². The summed E-state index contributed by atoms with van der Waals surface area (Å²) in [6, 6.07) is 0. The minimum absolute atomic E-state index is 0.0718. The van der Waals surface area contributed by atoms with Crippen LogP contribution in [0.3, 0.4) is 0 Å². The Morgan fingerprint density at radius 2 is 1.33 bits per heavy atom. The number of rotatable bonds is 2. The van der Waals surface area contributed by atoms with Gasteiger partial charge in [0.15, 0.2) is 0 Å². The first-order chi connectivity index (χ1) is 5.52. The van der Waals surface area contributed by atoms with Crippen LogP contribution >= 0.6 is 0 Å². The van der Waals surface area contributed by atoms with Gasteiger partial charge in [0.2, 0.25) is 0 Å². The number of cyclic esters (lactones) is 2. The van der Waals surface area contributed by atoms with Gasteiger partial charge in [-0.2, -0.15) is 0 Å². The van der Waals surface area contributed by atoms with Crippen LogP contribution < -0.4 is 0 Å². The average Bonchev–Trinajstić information content (AvgIpc) is 2.31. The minimum atomic E-state index is -0.521. The van der Waals surface area contributed by atoms with Crippen molar-refractivity contribution >= 4 is 6.16 Å². The van der Waals surface area contributed by atoms with Gasteiger partial charge in [0.1, 0.15) is 12.2 Å². The zero-order valence-electron chi connectivity index (χ0n) is 8.03. The number of ether oxygens (including phenoxy) is 2. The lowest BCUT2D eigenvalue weighted by Crippen LogP contribution is -2.31. The third-order valence-corrected chi connectivity index (χ3v) is 2.10. The lowest BCUT2D eigenvalue weighted by atomic mass is 9.94. The first-order valence-electron chi connectivity index (χ1n) is 4.39. The molecule has 0 bridgehead atoms. The summed E-state index contributed by atoms with van der Waals surface area (Å²) in [4.78, 5) is 10.8. The van der Waals surface area contributed by atoms with Crippen LogP contribution in [-0.2, 0) is 9.47 Å². The summed E-state index contributed by atoms with van der Waals surface area (Å²) in [7, 11) is 0. The van der Waals surface area contributed by atoms with Crippen molar-refractivity contribution < 1.29 is 14.3 Å². The highest BCUT2D eigenvalue weighted by Crippen LogP contribution is 2.26. The third-order valence-electron chi connectivity index (χ3n) is 2.10. The van der Waals surface area contributed by atoms with Gasteiger partial charge in [-0.15, -0.1) is 0 Å². The zero-order chi connectivity index (χ0) is 9.30. The standard InChI is InChI=1S/C9H16O3/c1-5(2)7-8(6(3)4)12-9(10)11-7/h5-8H,1-4H3/t7-,8-/m0/s1. The summed E-state index contributed by atoms with van der Waals surface area (Å²) in [6.07, 6.45) is -0.664. The number of carbonyl (C=O) groups is 1. The fourth-order valence-electron chi connectivity index (χ4n) is 1.42. The van der Waals surface area contributed by atoms with Crippen molar-refractivity contribution in [2.45, 2.75) is 39.9 Å². The van der Waals surface area contributed by atoms with E-state index < -0.39 is 6.16 Å². The molecule has 0 unspecified atom stereocenters. The van der Waals surface area contributed by atoms with Gasteiger partial charge in [0.05, 0.1) is 0 Å². The van der Waals surface area contributed by atoms with Gasteiger partial charge in [-0.3, -0.25) is 0 Å². The smallest absolute Gasteiger partial charge is 0.427 e. The lowest BCUT2D eigenvalue weighted by Gasteiger charge is -2.20. The monoisotopic (exact) mass is 172 g/mol. The van der Waals surface area contributed by atoms with E-state index in [0.717, 1.165) is 0 Å². The predicted octanol–water partition coefficient (Wildman–Crippen LogP) is 2.20. The average molecular weight is 172 g/mol. The van der Waals surface area contributed by atoms with E-state index in [1.807, 2.05) is 27.7 Å². The summed E-state index contributed by atoms with van der Waals surface area (Å²) in [5.41, 5.74) is 0. The molecule has 1 saturated heterocycles. The van der Waals surface area contributed by atoms with Crippen molar-refractivity contribution in [2.24, 2.45) is 11.8 Å². The Balaban J connectivity index is 2.65. The van der Waals surface area contributed by atoms with Crippen LogP contribution in [0.5, 0.6) is 0 Å². The molecule has 1 fully saturated rings. The Morgan fingerprint density at radius 1 is 1.00 bits per heavy atom. The highest BCUT2D eigenvalue weighted by molar-refractivity contribution is 5.62.